The Labute approximate surface area is 89.4 Å². The predicted molar refractivity (Wildman–Crippen MR) is 50.8 cm³/mol. The third-order valence-corrected chi connectivity index (χ3v) is 1.67. The van der Waals surface area contributed by atoms with Crippen molar-refractivity contribution in [3.8, 4) is 5.75 Å². The Kier molecular flexibility index (Phi) is 3.24. The zero-order valence-electron chi connectivity index (χ0n) is 7.94. The molecule has 0 amide bonds. The SMILES string of the molecule is C=C(Oc1cccc(C(=O)O)c1F)C(=O)O. The summed E-state index contributed by atoms with van der Waals surface area (Å²) < 4.78 is 18.0. The molecule has 2 N–H and O–H groups in total. The molecule has 0 radical (unpaired) electrons. The molecule has 5 nitrogen and oxygen atoms in total. The molecule has 1 rings (SSSR count). The highest BCUT2D eigenvalue weighted by molar-refractivity contribution is 5.88. The first-order chi connectivity index (χ1) is 7.43. The molecule has 16 heavy (non-hydrogen) atoms. The maximum Gasteiger partial charge on any atom is 0.371 e. The maximum atomic E-state index is 13.4. The Morgan fingerprint density at radius 3 is 2.44 bits per heavy atom. The van der Waals surface area contributed by atoms with Crippen LogP contribution in [0.1, 0.15) is 10.4 Å². The third kappa shape index (κ3) is 2.35. The summed E-state index contributed by atoms with van der Waals surface area (Å²) >= 11 is 0. The fraction of sp³-hybridized carbons (Fsp3) is 0. The van der Waals surface area contributed by atoms with Gasteiger partial charge in [-0.25, -0.2) is 14.0 Å². The second-order valence-corrected chi connectivity index (χ2v) is 2.75. The number of hydrogen-bond donors (Lipinski definition) is 2. The van der Waals surface area contributed by atoms with Crippen molar-refractivity contribution in [2.75, 3.05) is 0 Å². The van der Waals surface area contributed by atoms with Crippen LogP contribution >= 0.6 is 0 Å². The Balaban J connectivity index is 3.07. The monoisotopic (exact) mass is 226 g/mol. The summed E-state index contributed by atoms with van der Waals surface area (Å²) in [5, 5.41) is 17.0. The molecule has 0 saturated heterocycles. The highest BCUT2D eigenvalue weighted by atomic mass is 19.1. The first-order valence-electron chi connectivity index (χ1n) is 4.05. The van der Waals surface area contributed by atoms with Gasteiger partial charge in [-0.15, -0.1) is 0 Å². The number of rotatable bonds is 4. The lowest BCUT2D eigenvalue weighted by Gasteiger charge is -2.07. The van der Waals surface area contributed by atoms with E-state index in [0.29, 0.717) is 0 Å². The summed E-state index contributed by atoms with van der Waals surface area (Å²) in [6.45, 7) is 3.03. The number of benzene rings is 1. The zero-order chi connectivity index (χ0) is 12.3. The number of halogens is 1. The molecule has 0 heterocycles. The molecule has 6 heteroatoms. The standard InChI is InChI=1S/C10H7FO5/c1-5(9(12)13)16-7-4-2-3-6(8(7)11)10(14)15/h2-4H,1H2,(H,12,13)(H,14,15). The zero-order valence-corrected chi connectivity index (χ0v) is 7.94. The summed E-state index contributed by atoms with van der Waals surface area (Å²) in [6, 6.07) is 3.38. The Morgan fingerprint density at radius 1 is 1.31 bits per heavy atom. The third-order valence-electron chi connectivity index (χ3n) is 1.67. The van der Waals surface area contributed by atoms with Crippen molar-refractivity contribution in [3.63, 3.8) is 0 Å². The second kappa shape index (κ2) is 4.43. The van der Waals surface area contributed by atoms with E-state index in [9.17, 15) is 14.0 Å². The lowest BCUT2D eigenvalue weighted by atomic mass is 10.2. The maximum absolute atomic E-state index is 13.4. The molecular weight excluding hydrogens is 219 g/mol. The number of aromatic carboxylic acids is 1. The topological polar surface area (TPSA) is 83.8 Å². The number of ether oxygens (including phenoxy) is 1. The van der Waals surface area contributed by atoms with E-state index in [1.54, 1.807) is 0 Å². The summed E-state index contributed by atoms with van der Waals surface area (Å²) in [7, 11) is 0. The molecule has 0 fully saturated rings. The molecule has 1 aromatic rings. The van der Waals surface area contributed by atoms with E-state index in [-0.39, 0.29) is 0 Å². The summed E-state index contributed by atoms with van der Waals surface area (Å²) in [6.07, 6.45) is 0. The average molecular weight is 226 g/mol. The van der Waals surface area contributed by atoms with Crippen LogP contribution in [0.5, 0.6) is 5.75 Å². The molecule has 0 aliphatic carbocycles. The van der Waals surface area contributed by atoms with Crippen molar-refractivity contribution in [1.82, 2.24) is 0 Å². The first-order valence-corrected chi connectivity index (χ1v) is 4.05. The van der Waals surface area contributed by atoms with Gasteiger partial charge in [0.05, 0.1) is 5.56 Å². The largest absolute Gasteiger partial charge is 0.478 e. The van der Waals surface area contributed by atoms with Crippen molar-refractivity contribution >= 4 is 11.9 Å². The van der Waals surface area contributed by atoms with Crippen LogP contribution in [0.15, 0.2) is 30.5 Å². The first kappa shape index (κ1) is 11.7. The van der Waals surface area contributed by atoms with Gasteiger partial charge in [-0.3, -0.25) is 0 Å². The number of hydrogen-bond acceptors (Lipinski definition) is 3. The second-order valence-electron chi connectivity index (χ2n) is 2.75. The summed E-state index contributed by atoms with van der Waals surface area (Å²) in [5.74, 6) is -5.25. The minimum atomic E-state index is -1.47. The van der Waals surface area contributed by atoms with Gasteiger partial charge in [0, 0.05) is 0 Å². The van der Waals surface area contributed by atoms with Crippen LogP contribution in [0.4, 0.5) is 4.39 Å². The van der Waals surface area contributed by atoms with Crippen LogP contribution in [0, 0.1) is 5.82 Å². The van der Waals surface area contributed by atoms with Gasteiger partial charge < -0.3 is 14.9 Å². The van der Waals surface area contributed by atoms with Crippen LogP contribution in [0.3, 0.4) is 0 Å². The Hall–Kier alpha value is -2.37. The van der Waals surface area contributed by atoms with Gasteiger partial charge in [-0.05, 0) is 18.7 Å². The molecule has 0 spiro atoms. The van der Waals surface area contributed by atoms with E-state index in [4.69, 9.17) is 10.2 Å². The quantitative estimate of drug-likeness (QED) is 0.600. The van der Waals surface area contributed by atoms with E-state index in [1.165, 1.54) is 6.07 Å². The smallest absolute Gasteiger partial charge is 0.371 e. The van der Waals surface area contributed by atoms with E-state index in [0.717, 1.165) is 12.1 Å². The predicted octanol–water partition coefficient (Wildman–Crippen LogP) is 1.50. The van der Waals surface area contributed by atoms with Crippen LogP contribution < -0.4 is 4.74 Å². The fourth-order valence-electron chi connectivity index (χ4n) is 0.931. The van der Waals surface area contributed by atoms with Crippen LogP contribution in [-0.2, 0) is 4.79 Å². The van der Waals surface area contributed by atoms with E-state index in [1.807, 2.05) is 0 Å². The molecule has 0 unspecified atom stereocenters. The lowest BCUT2D eigenvalue weighted by Crippen LogP contribution is -2.08. The summed E-state index contributed by atoms with van der Waals surface area (Å²) in [4.78, 5) is 20.9. The van der Waals surface area contributed by atoms with E-state index in [2.05, 4.69) is 11.3 Å². The van der Waals surface area contributed by atoms with Gasteiger partial charge in [0.2, 0.25) is 5.76 Å². The van der Waals surface area contributed by atoms with Gasteiger partial charge in [-0.2, -0.15) is 0 Å². The minimum Gasteiger partial charge on any atom is -0.478 e. The highest BCUT2D eigenvalue weighted by Crippen LogP contribution is 2.22. The van der Waals surface area contributed by atoms with Crippen molar-refractivity contribution < 1.29 is 28.9 Å². The number of carboxylic acid groups (broad SMARTS) is 2. The molecule has 0 aromatic heterocycles. The van der Waals surface area contributed by atoms with Gasteiger partial charge in [0.25, 0.3) is 0 Å². The van der Waals surface area contributed by atoms with E-state index >= 15 is 0 Å². The van der Waals surface area contributed by atoms with Crippen LogP contribution in [-0.4, -0.2) is 22.2 Å². The van der Waals surface area contributed by atoms with Crippen molar-refractivity contribution in [2.24, 2.45) is 0 Å². The number of aliphatic carboxylic acids is 1. The molecule has 0 bridgehead atoms. The molecule has 0 aliphatic rings. The van der Waals surface area contributed by atoms with Crippen LogP contribution in [0.25, 0.3) is 0 Å². The molecule has 0 saturated carbocycles. The van der Waals surface area contributed by atoms with Gasteiger partial charge >= 0.3 is 11.9 Å². The van der Waals surface area contributed by atoms with Gasteiger partial charge in [0.15, 0.2) is 11.6 Å². The van der Waals surface area contributed by atoms with Crippen LogP contribution in [0.2, 0.25) is 0 Å². The highest BCUT2D eigenvalue weighted by Gasteiger charge is 2.17. The van der Waals surface area contributed by atoms with Crippen molar-refractivity contribution in [2.45, 2.75) is 0 Å². The normalized spacial score (nSPS) is 9.56. The Morgan fingerprint density at radius 2 is 1.94 bits per heavy atom. The molecule has 84 valence electrons. The van der Waals surface area contributed by atoms with Crippen molar-refractivity contribution in [3.05, 3.63) is 41.9 Å². The van der Waals surface area contributed by atoms with Crippen molar-refractivity contribution in [1.29, 1.82) is 0 Å². The number of carboxylic acids is 2. The van der Waals surface area contributed by atoms with Gasteiger partial charge in [0.1, 0.15) is 0 Å². The lowest BCUT2D eigenvalue weighted by molar-refractivity contribution is -0.135. The molecule has 1 aromatic carbocycles. The Bertz CT molecular complexity index is 466. The average Bonchev–Trinajstić information content (AvgIpc) is 2.20. The van der Waals surface area contributed by atoms with Gasteiger partial charge in [-0.1, -0.05) is 6.07 Å². The fourth-order valence-corrected chi connectivity index (χ4v) is 0.931. The summed E-state index contributed by atoms with van der Waals surface area (Å²) in [5.41, 5.74) is -0.601. The molecule has 0 aliphatic heterocycles. The van der Waals surface area contributed by atoms with E-state index < -0.39 is 34.8 Å². The molecular formula is C10H7FO5. The minimum absolute atomic E-state index is 0.493. The molecule has 0 atom stereocenters. The number of carbonyl (C=O) groups is 2.